The second-order valence-corrected chi connectivity index (χ2v) is 6.36. The van der Waals surface area contributed by atoms with Crippen LogP contribution in [0.25, 0.3) is 22.4 Å². The van der Waals surface area contributed by atoms with Gasteiger partial charge in [0.1, 0.15) is 0 Å². The first-order chi connectivity index (χ1) is 12.4. The number of nitrogens with zero attached hydrogens (tertiary/aromatic N) is 3. The summed E-state index contributed by atoms with van der Waals surface area (Å²) in [4.78, 5) is 2.43. The molecule has 0 aliphatic carbocycles. The van der Waals surface area contributed by atoms with Crippen molar-refractivity contribution in [3.63, 3.8) is 0 Å². The summed E-state index contributed by atoms with van der Waals surface area (Å²) in [6.07, 6.45) is 2.07. The SMILES string of the molecule is c1ccc(-c2cccc(-c3ccn(CCN4CCOCC4)n3)c2)cc1. The molecule has 1 aromatic heterocycles. The van der Waals surface area contributed by atoms with Gasteiger partial charge in [-0.1, -0.05) is 48.5 Å². The molecule has 1 aliphatic heterocycles. The van der Waals surface area contributed by atoms with E-state index in [-0.39, 0.29) is 0 Å². The second kappa shape index (κ2) is 7.64. The molecule has 2 heterocycles. The van der Waals surface area contributed by atoms with Crippen LogP contribution in [0.2, 0.25) is 0 Å². The van der Waals surface area contributed by atoms with Gasteiger partial charge in [0.15, 0.2) is 0 Å². The topological polar surface area (TPSA) is 30.3 Å². The van der Waals surface area contributed by atoms with Crippen LogP contribution in [0.5, 0.6) is 0 Å². The van der Waals surface area contributed by atoms with Gasteiger partial charge in [0.25, 0.3) is 0 Å². The Kier molecular flexibility index (Phi) is 4.91. The van der Waals surface area contributed by atoms with E-state index in [0.717, 1.165) is 50.7 Å². The standard InChI is InChI=1S/C21H23N3O/c1-2-5-18(6-3-1)19-7-4-8-20(17-19)21-9-10-24(22-21)12-11-23-13-15-25-16-14-23/h1-10,17H,11-16H2. The zero-order chi connectivity index (χ0) is 16.9. The number of morpholine rings is 1. The lowest BCUT2D eigenvalue weighted by molar-refractivity contribution is 0.0360. The van der Waals surface area contributed by atoms with Crippen molar-refractivity contribution in [2.24, 2.45) is 0 Å². The van der Waals surface area contributed by atoms with E-state index in [1.165, 1.54) is 11.1 Å². The van der Waals surface area contributed by atoms with Crippen molar-refractivity contribution in [3.05, 3.63) is 66.9 Å². The van der Waals surface area contributed by atoms with Crippen molar-refractivity contribution >= 4 is 0 Å². The fourth-order valence-electron chi connectivity index (χ4n) is 3.20. The number of hydrogen-bond acceptors (Lipinski definition) is 3. The van der Waals surface area contributed by atoms with Crippen LogP contribution < -0.4 is 0 Å². The minimum atomic E-state index is 0.844. The number of aromatic nitrogens is 2. The van der Waals surface area contributed by atoms with Crippen LogP contribution in [0.3, 0.4) is 0 Å². The molecule has 0 amide bonds. The van der Waals surface area contributed by atoms with Crippen molar-refractivity contribution < 1.29 is 4.74 Å². The van der Waals surface area contributed by atoms with Crippen LogP contribution in [0.1, 0.15) is 0 Å². The predicted octanol–water partition coefficient (Wildman–Crippen LogP) is 3.55. The number of ether oxygens (including phenoxy) is 1. The summed E-state index contributed by atoms with van der Waals surface area (Å²) < 4.78 is 7.44. The lowest BCUT2D eigenvalue weighted by Gasteiger charge is -2.26. The highest BCUT2D eigenvalue weighted by Gasteiger charge is 2.10. The van der Waals surface area contributed by atoms with E-state index in [4.69, 9.17) is 9.84 Å². The molecule has 25 heavy (non-hydrogen) atoms. The third kappa shape index (κ3) is 3.98. The molecule has 0 atom stereocenters. The van der Waals surface area contributed by atoms with Gasteiger partial charge in [-0.2, -0.15) is 5.10 Å². The Morgan fingerprint density at radius 2 is 1.56 bits per heavy atom. The monoisotopic (exact) mass is 333 g/mol. The summed E-state index contributed by atoms with van der Waals surface area (Å²) in [6.45, 7) is 5.67. The molecule has 2 aromatic carbocycles. The summed E-state index contributed by atoms with van der Waals surface area (Å²) >= 11 is 0. The number of hydrogen-bond donors (Lipinski definition) is 0. The zero-order valence-corrected chi connectivity index (χ0v) is 14.3. The van der Waals surface area contributed by atoms with E-state index in [1.54, 1.807) is 0 Å². The Hall–Kier alpha value is -2.43. The van der Waals surface area contributed by atoms with E-state index in [1.807, 2.05) is 10.7 Å². The van der Waals surface area contributed by atoms with Gasteiger partial charge in [0.2, 0.25) is 0 Å². The molecule has 0 spiro atoms. The van der Waals surface area contributed by atoms with Crippen molar-refractivity contribution in [3.8, 4) is 22.4 Å². The second-order valence-electron chi connectivity index (χ2n) is 6.36. The van der Waals surface area contributed by atoms with Crippen LogP contribution >= 0.6 is 0 Å². The highest BCUT2D eigenvalue weighted by atomic mass is 16.5. The maximum absolute atomic E-state index is 5.40. The van der Waals surface area contributed by atoms with E-state index < -0.39 is 0 Å². The number of benzene rings is 2. The van der Waals surface area contributed by atoms with Gasteiger partial charge in [-0.05, 0) is 23.3 Å². The number of rotatable bonds is 5. The molecule has 4 rings (SSSR count). The molecule has 128 valence electrons. The molecule has 0 unspecified atom stereocenters. The zero-order valence-electron chi connectivity index (χ0n) is 14.3. The Labute approximate surface area is 148 Å². The van der Waals surface area contributed by atoms with Gasteiger partial charge < -0.3 is 4.74 Å². The van der Waals surface area contributed by atoms with Crippen LogP contribution in [0.15, 0.2) is 66.9 Å². The summed E-state index contributed by atoms with van der Waals surface area (Å²) in [5.41, 5.74) is 4.64. The van der Waals surface area contributed by atoms with Crippen molar-refractivity contribution in [2.45, 2.75) is 6.54 Å². The normalized spacial score (nSPS) is 15.4. The summed E-state index contributed by atoms with van der Waals surface area (Å²) in [6, 6.07) is 21.2. The fourth-order valence-corrected chi connectivity index (χ4v) is 3.20. The average Bonchev–Trinajstić information content (AvgIpc) is 3.17. The molecule has 1 aliphatic rings. The van der Waals surface area contributed by atoms with E-state index in [0.29, 0.717) is 0 Å². The lowest BCUT2D eigenvalue weighted by Crippen LogP contribution is -2.38. The maximum atomic E-state index is 5.40. The first-order valence-electron chi connectivity index (χ1n) is 8.88. The van der Waals surface area contributed by atoms with Gasteiger partial charge >= 0.3 is 0 Å². The van der Waals surface area contributed by atoms with Crippen LogP contribution in [-0.2, 0) is 11.3 Å². The summed E-state index contributed by atoms with van der Waals surface area (Å²) in [5.74, 6) is 0. The largest absolute Gasteiger partial charge is 0.379 e. The molecule has 0 saturated carbocycles. The van der Waals surface area contributed by atoms with Crippen molar-refractivity contribution in [1.29, 1.82) is 0 Å². The summed E-state index contributed by atoms with van der Waals surface area (Å²) in [5, 5.41) is 4.76. The van der Waals surface area contributed by atoms with Crippen LogP contribution in [0, 0.1) is 0 Å². The smallest absolute Gasteiger partial charge is 0.0923 e. The van der Waals surface area contributed by atoms with Crippen LogP contribution in [0.4, 0.5) is 0 Å². The fraction of sp³-hybridized carbons (Fsp3) is 0.286. The molecule has 1 saturated heterocycles. The molecule has 1 fully saturated rings. The quantitative estimate of drug-likeness (QED) is 0.715. The third-order valence-corrected chi connectivity index (χ3v) is 4.66. The molecule has 0 bridgehead atoms. The lowest BCUT2D eigenvalue weighted by atomic mass is 10.0. The first kappa shape index (κ1) is 16.1. The Morgan fingerprint density at radius 3 is 2.40 bits per heavy atom. The molecule has 0 radical (unpaired) electrons. The maximum Gasteiger partial charge on any atom is 0.0923 e. The molecular weight excluding hydrogens is 310 g/mol. The van der Waals surface area contributed by atoms with Crippen molar-refractivity contribution in [1.82, 2.24) is 14.7 Å². The molecule has 4 heteroatoms. The van der Waals surface area contributed by atoms with Gasteiger partial charge in [0.05, 0.1) is 25.5 Å². The van der Waals surface area contributed by atoms with Gasteiger partial charge in [-0.3, -0.25) is 9.58 Å². The molecule has 0 N–H and O–H groups in total. The minimum absolute atomic E-state index is 0.844. The summed E-state index contributed by atoms with van der Waals surface area (Å²) in [7, 11) is 0. The third-order valence-electron chi connectivity index (χ3n) is 4.66. The molecule has 3 aromatic rings. The van der Waals surface area contributed by atoms with Gasteiger partial charge in [0, 0.05) is 31.4 Å². The van der Waals surface area contributed by atoms with E-state index >= 15 is 0 Å². The van der Waals surface area contributed by atoms with Gasteiger partial charge in [-0.25, -0.2) is 0 Å². The first-order valence-corrected chi connectivity index (χ1v) is 8.88. The highest BCUT2D eigenvalue weighted by molar-refractivity contribution is 5.71. The van der Waals surface area contributed by atoms with E-state index in [2.05, 4.69) is 65.7 Å². The van der Waals surface area contributed by atoms with Crippen LogP contribution in [-0.4, -0.2) is 47.5 Å². The Balaban J connectivity index is 1.46. The average molecular weight is 333 g/mol. The Morgan fingerprint density at radius 1 is 0.800 bits per heavy atom. The van der Waals surface area contributed by atoms with Crippen molar-refractivity contribution in [2.75, 3.05) is 32.8 Å². The highest BCUT2D eigenvalue weighted by Crippen LogP contribution is 2.25. The van der Waals surface area contributed by atoms with E-state index in [9.17, 15) is 0 Å². The van der Waals surface area contributed by atoms with Gasteiger partial charge in [-0.15, -0.1) is 0 Å². The molecule has 4 nitrogen and oxygen atoms in total. The minimum Gasteiger partial charge on any atom is -0.379 e. The Bertz CT molecular complexity index is 807. The molecular formula is C21H23N3O. The predicted molar refractivity (Wildman–Crippen MR) is 100 cm³/mol.